The van der Waals surface area contributed by atoms with Gasteiger partial charge in [0, 0.05) is 6.07 Å². The lowest BCUT2D eigenvalue weighted by atomic mass is 10.3. The smallest absolute Gasteiger partial charge is 0.354 e. The van der Waals surface area contributed by atoms with Crippen molar-refractivity contribution in [2.24, 2.45) is 0 Å². The third-order valence-electron chi connectivity index (χ3n) is 2.78. The van der Waals surface area contributed by atoms with E-state index in [9.17, 15) is 9.90 Å². The fourth-order valence-electron chi connectivity index (χ4n) is 1.89. The fraction of sp³-hybridized carbons (Fsp3) is 0. The molecule has 0 saturated heterocycles. The van der Waals surface area contributed by atoms with Crippen molar-refractivity contribution in [1.82, 2.24) is 9.78 Å². The Kier molecular flexibility index (Phi) is 3.04. The van der Waals surface area contributed by atoms with Crippen molar-refractivity contribution in [1.29, 1.82) is 0 Å². The molecule has 2 heterocycles. The van der Waals surface area contributed by atoms with Crippen molar-refractivity contribution < 1.29 is 14.3 Å². The number of para-hydroxylation sites is 1. The van der Waals surface area contributed by atoms with Gasteiger partial charge in [0.05, 0.1) is 17.0 Å². The first-order chi connectivity index (χ1) is 9.66. The molecular weight excluding hydrogens is 280 g/mol. The number of rotatable bonds is 3. The minimum Gasteiger partial charge on any atom is -0.477 e. The highest BCUT2D eigenvalue weighted by atomic mass is 35.5. The van der Waals surface area contributed by atoms with Gasteiger partial charge in [-0.15, -0.1) is 0 Å². The van der Waals surface area contributed by atoms with Crippen LogP contribution in [0.4, 0.5) is 0 Å². The third kappa shape index (κ3) is 2.08. The maximum atomic E-state index is 11.4. The van der Waals surface area contributed by atoms with Gasteiger partial charge in [0.1, 0.15) is 5.69 Å². The van der Waals surface area contributed by atoms with E-state index in [1.165, 1.54) is 17.0 Å². The largest absolute Gasteiger partial charge is 0.477 e. The lowest BCUT2D eigenvalue weighted by Crippen LogP contribution is -2.08. The van der Waals surface area contributed by atoms with Crippen LogP contribution in [0.5, 0.6) is 0 Å². The van der Waals surface area contributed by atoms with Crippen LogP contribution in [0.2, 0.25) is 5.02 Å². The van der Waals surface area contributed by atoms with Gasteiger partial charge in [0.15, 0.2) is 11.5 Å². The number of carbonyl (C=O) groups is 1. The highest BCUT2D eigenvalue weighted by molar-refractivity contribution is 6.32. The molecule has 0 aliphatic heterocycles. The summed E-state index contributed by atoms with van der Waals surface area (Å²) in [5.41, 5.74) is 0.959. The third-order valence-corrected chi connectivity index (χ3v) is 3.10. The number of carboxylic acid groups (broad SMARTS) is 1. The average molecular weight is 289 g/mol. The van der Waals surface area contributed by atoms with E-state index in [4.69, 9.17) is 16.0 Å². The van der Waals surface area contributed by atoms with Crippen LogP contribution in [0, 0.1) is 0 Å². The van der Waals surface area contributed by atoms with E-state index in [0.29, 0.717) is 22.2 Å². The highest BCUT2D eigenvalue weighted by Crippen LogP contribution is 2.25. The molecule has 5 nitrogen and oxygen atoms in total. The van der Waals surface area contributed by atoms with E-state index >= 15 is 0 Å². The van der Waals surface area contributed by atoms with E-state index in [1.54, 1.807) is 36.4 Å². The average Bonchev–Trinajstić information content (AvgIpc) is 3.08. The van der Waals surface area contributed by atoms with Gasteiger partial charge < -0.3 is 9.52 Å². The molecule has 0 radical (unpaired) electrons. The van der Waals surface area contributed by atoms with Crippen LogP contribution in [0.25, 0.3) is 17.1 Å². The number of halogens is 1. The summed E-state index contributed by atoms with van der Waals surface area (Å²) in [7, 11) is 0. The van der Waals surface area contributed by atoms with Gasteiger partial charge in [0.25, 0.3) is 0 Å². The van der Waals surface area contributed by atoms with Crippen LogP contribution in [-0.4, -0.2) is 20.9 Å². The first-order valence-electron chi connectivity index (χ1n) is 5.79. The zero-order chi connectivity index (χ0) is 14.1. The Morgan fingerprint density at radius 1 is 1.25 bits per heavy atom. The van der Waals surface area contributed by atoms with Gasteiger partial charge in [0.2, 0.25) is 0 Å². The molecule has 1 aromatic carbocycles. The standard InChI is InChI=1S/C14H9ClN2O3/c15-9-4-1-2-5-11(9)17-12(14(18)19)8-10(16-17)13-6-3-7-20-13/h1-8H,(H,18,19). The second kappa shape index (κ2) is 4.86. The molecule has 0 unspecified atom stereocenters. The summed E-state index contributed by atoms with van der Waals surface area (Å²) >= 11 is 6.09. The molecule has 0 atom stereocenters. The first-order valence-corrected chi connectivity index (χ1v) is 6.17. The summed E-state index contributed by atoms with van der Waals surface area (Å²) in [6, 6.07) is 11.8. The topological polar surface area (TPSA) is 68.3 Å². The summed E-state index contributed by atoms with van der Waals surface area (Å²) in [5, 5.41) is 14.0. The van der Waals surface area contributed by atoms with E-state index in [2.05, 4.69) is 5.10 Å². The molecule has 0 saturated carbocycles. The van der Waals surface area contributed by atoms with Crippen LogP contribution in [-0.2, 0) is 0 Å². The molecular formula is C14H9ClN2O3. The van der Waals surface area contributed by atoms with Crippen molar-refractivity contribution in [2.75, 3.05) is 0 Å². The quantitative estimate of drug-likeness (QED) is 0.801. The number of benzene rings is 1. The van der Waals surface area contributed by atoms with Crippen LogP contribution in [0.15, 0.2) is 53.1 Å². The normalized spacial score (nSPS) is 10.7. The Labute approximate surface area is 119 Å². The molecule has 0 bridgehead atoms. The molecule has 0 aliphatic rings. The molecule has 0 fully saturated rings. The van der Waals surface area contributed by atoms with Crippen molar-refractivity contribution in [2.45, 2.75) is 0 Å². The Bertz CT molecular complexity index is 763. The van der Waals surface area contributed by atoms with Crippen LogP contribution in [0.1, 0.15) is 10.5 Å². The summed E-state index contributed by atoms with van der Waals surface area (Å²) in [5.74, 6) is -0.589. The summed E-state index contributed by atoms with van der Waals surface area (Å²) in [6.45, 7) is 0. The van der Waals surface area contributed by atoms with Gasteiger partial charge in [-0.2, -0.15) is 5.10 Å². The zero-order valence-corrected chi connectivity index (χ0v) is 10.9. The molecule has 0 spiro atoms. The Morgan fingerprint density at radius 3 is 2.70 bits per heavy atom. The monoisotopic (exact) mass is 288 g/mol. The van der Waals surface area contributed by atoms with Crippen molar-refractivity contribution in [3.05, 3.63) is 59.4 Å². The second-order valence-corrected chi connectivity index (χ2v) is 4.47. The lowest BCUT2D eigenvalue weighted by molar-refractivity contribution is 0.0687. The number of aromatic nitrogens is 2. The van der Waals surface area contributed by atoms with E-state index in [1.807, 2.05) is 0 Å². The predicted molar refractivity (Wildman–Crippen MR) is 73.2 cm³/mol. The highest BCUT2D eigenvalue weighted by Gasteiger charge is 2.19. The van der Waals surface area contributed by atoms with Gasteiger partial charge >= 0.3 is 5.97 Å². The van der Waals surface area contributed by atoms with Gasteiger partial charge in [-0.25, -0.2) is 9.48 Å². The second-order valence-electron chi connectivity index (χ2n) is 4.06. The number of hydrogen-bond acceptors (Lipinski definition) is 3. The number of carboxylic acids is 1. The zero-order valence-electron chi connectivity index (χ0n) is 10.2. The molecule has 1 N–H and O–H groups in total. The number of furan rings is 1. The molecule has 20 heavy (non-hydrogen) atoms. The van der Waals surface area contributed by atoms with Crippen molar-refractivity contribution in [3.63, 3.8) is 0 Å². The molecule has 100 valence electrons. The number of nitrogens with zero attached hydrogens (tertiary/aromatic N) is 2. The molecule has 0 amide bonds. The van der Waals surface area contributed by atoms with Crippen LogP contribution < -0.4 is 0 Å². The fourth-order valence-corrected chi connectivity index (χ4v) is 2.10. The lowest BCUT2D eigenvalue weighted by Gasteiger charge is -2.05. The van der Waals surface area contributed by atoms with E-state index < -0.39 is 5.97 Å². The number of aromatic carboxylic acids is 1. The van der Waals surface area contributed by atoms with Crippen LogP contribution in [0.3, 0.4) is 0 Å². The molecule has 3 rings (SSSR count). The summed E-state index contributed by atoms with van der Waals surface area (Å²) < 4.78 is 6.53. The predicted octanol–water partition coefficient (Wildman–Crippen LogP) is 3.48. The molecule has 0 aliphatic carbocycles. The van der Waals surface area contributed by atoms with E-state index in [-0.39, 0.29) is 5.69 Å². The van der Waals surface area contributed by atoms with Gasteiger partial charge in [-0.05, 0) is 24.3 Å². The van der Waals surface area contributed by atoms with Crippen molar-refractivity contribution >= 4 is 17.6 Å². The minimum absolute atomic E-state index is 0.0181. The minimum atomic E-state index is -1.09. The SMILES string of the molecule is O=C(O)c1cc(-c2ccco2)nn1-c1ccccc1Cl. The maximum absolute atomic E-state index is 11.4. The molecule has 6 heteroatoms. The Morgan fingerprint density at radius 2 is 2.05 bits per heavy atom. The van der Waals surface area contributed by atoms with Gasteiger partial charge in [-0.3, -0.25) is 0 Å². The first kappa shape index (κ1) is 12.5. The van der Waals surface area contributed by atoms with Gasteiger partial charge in [-0.1, -0.05) is 23.7 Å². The van der Waals surface area contributed by atoms with Crippen LogP contribution >= 0.6 is 11.6 Å². The molecule has 3 aromatic rings. The number of hydrogen-bond donors (Lipinski definition) is 1. The maximum Gasteiger partial charge on any atom is 0.354 e. The summed E-state index contributed by atoms with van der Waals surface area (Å²) in [6.07, 6.45) is 1.50. The summed E-state index contributed by atoms with van der Waals surface area (Å²) in [4.78, 5) is 11.4. The Balaban J connectivity index is 2.20. The van der Waals surface area contributed by atoms with Crippen molar-refractivity contribution in [3.8, 4) is 17.1 Å². The molecule has 2 aromatic heterocycles. The van der Waals surface area contributed by atoms with E-state index in [0.717, 1.165) is 0 Å². The Hall–Kier alpha value is -2.53.